The van der Waals surface area contributed by atoms with Crippen LogP contribution in [0, 0.1) is 22.0 Å². The average Bonchev–Trinajstić information content (AvgIpc) is 3.09. The highest BCUT2D eigenvalue weighted by molar-refractivity contribution is 5.79. The summed E-state index contributed by atoms with van der Waals surface area (Å²) >= 11 is 0. The predicted octanol–water partition coefficient (Wildman–Crippen LogP) is 3.88. The van der Waals surface area contributed by atoms with Crippen molar-refractivity contribution in [2.75, 3.05) is 13.2 Å². The van der Waals surface area contributed by atoms with Gasteiger partial charge in [-0.1, -0.05) is 54.5 Å². The molecule has 3 aromatic rings. The first kappa shape index (κ1) is 19.2. The van der Waals surface area contributed by atoms with E-state index < -0.39 is 11.0 Å². The number of aromatic nitrogens is 1. The maximum Gasteiger partial charge on any atom is 0.407 e. The monoisotopic (exact) mass is 399 g/mol. The van der Waals surface area contributed by atoms with Gasteiger partial charge in [-0.15, -0.1) is 0 Å². The molecule has 7 heteroatoms. The molecule has 1 heterocycles. The maximum atomic E-state index is 12.1. The van der Waals surface area contributed by atoms with Crippen LogP contribution in [0.4, 0.5) is 10.5 Å². The normalized spacial score (nSPS) is 11.6. The van der Waals surface area contributed by atoms with Crippen molar-refractivity contribution < 1.29 is 14.5 Å². The standard InChI is InChI=1S/C23H17N3O4/c27-23(25-12-5-6-16-14-17(26(28)29)11-13-24-16)30-15-22-20-9-3-1-7-18(20)19-8-2-4-10-21(19)22/h1-4,7-11,13-14,22H,12,15H2,(H,25,27). The summed E-state index contributed by atoms with van der Waals surface area (Å²) in [6.45, 7) is 0.265. The summed E-state index contributed by atoms with van der Waals surface area (Å²) in [7, 11) is 0. The Balaban J connectivity index is 1.34. The number of hydrogen-bond donors (Lipinski definition) is 1. The predicted molar refractivity (Wildman–Crippen MR) is 111 cm³/mol. The number of pyridine rings is 1. The molecule has 1 aliphatic rings. The molecule has 0 bridgehead atoms. The zero-order valence-electron chi connectivity index (χ0n) is 15.9. The highest BCUT2D eigenvalue weighted by atomic mass is 16.6. The van der Waals surface area contributed by atoms with Crippen LogP contribution in [0.2, 0.25) is 0 Å². The molecule has 1 aliphatic carbocycles. The topological polar surface area (TPSA) is 94.4 Å². The number of rotatable bonds is 4. The van der Waals surface area contributed by atoms with Crippen LogP contribution in [0.3, 0.4) is 0 Å². The molecule has 0 saturated heterocycles. The van der Waals surface area contributed by atoms with Crippen LogP contribution in [0.1, 0.15) is 22.7 Å². The molecule has 0 saturated carbocycles. The van der Waals surface area contributed by atoms with E-state index in [4.69, 9.17) is 4.74 Å². The van der Waals surface area contributed by atoms with E-state index in [0.29, 0.717) is 0 Å². The minimum absolute atomic E-state index is 0.0108. The van der Waals surface area contributed by atoms with Crippen LogP contribution in [-0.4, -0.2) is 29.2 Å². The van der Waals surface area contributed by atoms with Gasteiger partial charge in [0.25, 0.3) is 5.69 Å². The van der Waals surface area contributed by atoms with E-state index in [-0.39, 0.29) is 30.5 Å². The number of amides is 1. The zero-order valence-corrected chi connectivity index (χ0v) is 15.9. The Hall–Kier alpha value is -4.18. The third-order valence-corrected chi connectivity index (χ3v) is 4.84. The summed E-state index contributed by atoms with van der Waals surface area (Å²) in [5, 5.41) is 13.3. The second kappa shape index (κ2) is 8.45. The van der Waals surface area contributed by atoms with Crippen LogP contribution in [0.15, 0.2) is 66.9 Å². The molecule has 0 fully saturated rings. The molecule has 7 nitrogen and oxygen atoms in total. The molecule has 30 heavy (non-hydrogen) atoms. The van der Waals surface area contributed by atoms with Crippen LogP contribution in [-0.2, 0) is 4.74 Å². The molecule has 1 aromatic heterocycles. The Kier molecular flexibility index (Phi) is 5.39. The van der Waals surface area contributed by atoms with Gasteiger partial charge in [0.05, 0.1) is 17.5 Å². The molecule has 0 spiro atoms. The fourth-order valence-corrected chi connectivity index (χ4v) is 3.50. The second-order valence-electron chi connectivity index (χ2n) is 6.64. The lowest BCUT2D eigenvalue weighted by Gasteiger charge is -2.14. The Morgan fingerprint density at radius 2 is 1.77 bits per heavy atom. The number of alkyl carbamates (subject to hydrolysis) is 1. The molecule has 0 atom stereocenters. The van der Waals surface area contributed by atoms with Crippen LogP contribution >= 0.6 is 0 Å². The summed E-state index contributed by atoms with van der Waals surface area (Å²) in [4.78, 5) is 26.3. The molecule has 4 rings (SSSR count). The lowest BCUT2D eigenvalue weighted by Crippen LogP contribution is -2.26. The highest BCUT2D eigenvalue weighted by Crippen LogP contribution is 2.44. The Bertz CT molecular complexity index is 1130. The summed E-state index contributed by atoms with van der Waals surface area (Å²) in [6, 6.07) is 18.8. The van der Waals surface area contributed by atoms with Crippen molar-refractivity contribution in [3.8, 4) is 23.0 Å². The number of carbonyl (C=O) groups excluding carboxylic acids is 1. The van der Waals surface area contributed by atoms with Gasteiger partial charge >= 0.3 is 6.09 Å². The highest BCUT2D eigenvalue weighted by Gasteiger charge is 2.28. The third kappa shape index (κ3) is 3.98. The van der Waals surface area contributed by atoms with E-state index in [9.17, 15) is 14.9 Å². The molecule has 1 amide bonds. The van der Waals surface area contributed by atoms with E-state index in [0.717, 1.165) is 22.3 Å². The molecule has 148 valence electrons. The fourth-order valence-electron chi connectivity index (χ4n) is 3.50. The number of carbonyl (C=O) groups is 1. The van der Waals surface area contributed by atoms with Crippen LogP contribution in [0.5, 0.6) is 0 Å². The molecule has 0 unspecified atom stereocenters. The smallest absolute Gasteiger partial charge is 0.407 e. The van der Waals surface area contributed by atoms with Gasteiger partial charge < -0.3 is 10.1 Å². The summed E-state index contributed by atoms with van der Waals surface area (Å²) in [5.41, 5.74) is 4.79. The lowest BCUT2D eigenvalue weighted by molar-refractivity contribution is -0.385. The summed E-state index contributed by atoms with van der Waals surface area (Å²) in [5.74, 6) is 5.38. The molecule has 2 aromatic carbocycles. The van der Waals surface area contributed by atoms with Crippen LogP contribution < -0.4 is 5.32 Å². The number of nitrogens with zero attached hydrogens (tertiary/aromatic N) is 2. The van der Waals surface area contributed by atoms with Gasteiger partial charge in [-0.3, -0.25) is 10.1 Å². The van der Waals surface area contributed by atoms with Gasteiger partial charge in [-0.05, 0) is 28.2 Å². The van der Waals surface area contributed by atoms with Crippen molar-refractivity contribution in [2.24, 2.45) is 0 Å². The zero-order chi connectivity index (χ0) is 20.9. The number of benzene rings is 2. The Labute approximate surface area is 172 Å². The van der Waals surface area contributed by atoms with Crippen molar-refractivity contribution >= 4 is 11.8 Å². The Morgan fingerprint density at radius 1 is 1.10 bits per heavy atom. The quantitative estimate of drug-likeness (QED) is 0.408. The van der Waals surface area contributed by atoms with Gasteiger partial charge in [0, 0.05) is 18.2 Å². The van der Waals surface area contributed by atoms with Gasteiger partial charge in [0.1, 0.15) is 12.3 Å². The van der Waals surface area contributed by atoms with Crippen molar-refractivity contribution in [3.05, 3.63) is 93.8 Å². The minimum Gasteiger partial charge on any atom is -0.449 e. The van der Waals surface area contributed by atoms with Gasteiger partial charge in [-0.2, -0.15) is 0 Å². The van der Waals surface area contributed by atoms with E-state index in [1.165, 1.54) is 18.3 Å². The molecular weight excluding hydrogens is 382 g/mol. The first-order valence-corrected chi connectivity index (χ1v) is 9.31. The minimum atomic E-state index is -0.571. The Morgan fingerprint density at radius 3 is 2.43 bits per heavy atom. The van der Waals surface area contributed by atoms with Crippen molar-refractivity contribution in [1.82, 2.24) is 10.3 Å². The first-order chi connectivity index (χ1) is 14.6. The number of nitro groups is 1. The summed E-state index contributed by atoms with van der Waals surface area (Å²) in [6.07, 6.45) is 0.749. The van der Waals surface area contributed by atoms with E-state index in [1.54, 1.807) is 0 Å². The van der Waals surface area contributed by atoms with Gasteiger partial charge in [-0.25, -0.2) is 9.78 Å². The molecule has 0 radical (unpaired) electrons. The first-order valence-electron chi connectivity index (χ1n) is 9.31. The molecule has 1 N–H and O–H groups in total. The third-order valence-electron chi connectivity index (χ3n) is 4.84. The van der Waals surface area contributed by atoms with E-state index in [1.807, 2.05) is 24.3 Å². The van der Waals surface area contributed by atoms with Crippen molar-refractivity contribution in [1.29, 1.82) is 0 Å². The van der Waals surface area contributed by atoms with Gasteiger partial charge in [0.2, 0.25) is 0 Å². The van der Waals surface area contributed by atoms with E-state index >= 15 is 0 Å². The van der Waals surface area contributed by atoms with E-state index in [2.05, 4.69) is 46.4 Å². The SMILES string of the molecule is O=C(NCC#Cc1cc([N+](=O)[O-])ccn1)OCC1c2ccccc2-c2ccccc21. The largest absolute Gasteiger partial charge is 0.449 e. The number of nitrogens with one attached hydrogen (secondary N) is 1. The summed E-state index contributed by atoms with van der Waals surface area (Å²) < 4.78 is 5.42. The average molecular weight is 399 g/mol. The lowest BCUT2D eigenvalue weighted by atomic mass is 9.98. The van der Waals surface area contributed by atoms with Gasteiger partial charge in [0.15, 0.2) is 0 Å². The maximum absolute atomic E-state index is 12.1. The van der Waals surface area contributed by atoms with Crippen molar-refractivity contribution in [2.45, 2.75) is 5.92 Å². The van der Waals surface area contributed by atoms with Crippen LogP contribution in [0.25, 0.3) is 11.1 Å². The number of ether oxygens (including phenoxy) is 1. The fraction of sp³-hybridized carbons (Fsp3) is 0.130. The molecular formula is C23H17N3O4. The number of fused-ring (bicyclic) bond motifs is 3. The number of hydrogen-bond acceptors (Lipinski definition) is 5. The molecule has 0 aliphatic heterocycles. The van der Waals surface area contributed by atoms with Crippen molar-refractivity contribution in [3.63, 3.8) is 0 Å². The second-order valence-corrected chi connectivity index (χ2v) is 6.64.